The molecule has 1 aromatic rings. The molecule has 1 atom stereocenters. The summed E-state index contributed by atoms with van der Waals surface area (Å²) in [5.41, 5.74) is 0.979. The Kier molecular flexibility index (Phi) is 4.04. The van der Waals surface area contributed by atoms with Crippen molar-refractivity contribution in [1.82, 2.24) is 4.90 Å². The Morgan fingerprint density at radius 3 is 2.22 bits per heavy atom. The van der Waals surface area contributed by atoms with Crippen LogP contribution in [0.5, 0.6) is 0 Å². The molecule has 2 rings (SSSR count). The summed E-state index contributed by atoms with van der Waals surface area (Å²) < 4.78 is 22.8. The van der Waals surface area contributed by atoms with Crippen LogP contribution in [-0.2, 0) is 9.84 Å². The van der Waals surface area contributed by atoms with E-state index in [2.05, 4.69) is 4.90 Å². The monoisotopic (exact) mass is 269 g/mol. The highest BCUT2D eigenvalue weighted by atomic mass is 32.2. The second-order valence-electron chi connectivity index (χ2n) is 4.78. The van der Waals surface area contributed by atoms with Gasteiger partial charge in [-0.2, -0.15) is 0 Å². The third kappa shape index (κ3) is 2.91. The summed E-state index contributed by atoms with van der Waals surface area (Å²) >= 11 is 0. The molecule has 1 unspecified atom stereocenters. The molecule has 0 aliphatic carbocycles. The average Bonchev–Trinajstić information content (AvgIpc) is 2.83. The van der Waals surface area contributed by atoms with Crippen molar-refractivity contribution >= 4 is 9.84 Å². The van der Waals surface area contributed by atoms with Gasteiger partial charge in [0.15, 0.2) is 9.84 Å². The standard InChI is InChI=1S/C13H19NO3S/c1-18(16,17)12-6-4-11(5-7-12)13(10-15)14-8-2-3-9-14/h4-7,13,15H,2-3,8-10H2,1H3. The third-order valence-electron chi connectivity index (χ3n) is 3.45. The quantitative estimate of drug-likeness (QED) is 0.893. The van der Waals surface area contributed by atoms with Gasteiger partial charge in [0.25, 0.3) is 0 Å². The topological polar surface area (TPSA) is 57.6 Å². The first-order chi connectivity index (χ1) is 8.52. The molecule has 1 fully saturated rings. The van der Waals surface area contributed by atoms with Crippen LogP contribution in [0, 0.1) is 0 Å². The van der Waals surface area contributed by atoms with E-state index in [-0.39, 0.29) is 12.6 Å². The van der Waals surface area contributed by atoms with Gasteiger partial charge in [-0.1, -0.05) is 12.1 Å². The number of likely N-dealkylation sites (tertiary alicyclic amines) is 1. The van der Waals surface area contributed by atoms with Crippen LogP contribution in [-0.4, -0.2) is 44.4 Å². The molecule has 0 bridgehead atoms. The van der Waals surface area contributed by atoms with Crippen molar-refractivity contribution in [2.45, 2.75) is 23.8 Å². The molecule has 1 aliphatic rings. The van der Waals surface area contributed by atoms with Gasteiger partial charge in [-0.15, -0.1) is 0 Å². The van der Waals surface area contributed by atoms with E-state index in [9.17, 15) is 13.5 Å². The molecule has 4 nitrogen and oxygen atoms in total. The highest BCUT2D eigenvalue weighted by Crippen LogP contribution is 2.25. The van der Waals surface area contributed by atoms with Crippen molar-refractivity contribution in [2.75, 3.05) is 26.0 Å². The molecule has 1 aliphatic heterocycles. The highest BCUT2D eigenvalue weighted by Gasteiger charge is 2.22. The van der Waals surface area contributed by atoms with Crippen LogP contribution in [0.4, 0.5) is 0 Å². The molecule has 100 valence electrons. The normalized spacial score (nSPS) is 19.0. The van der Waals surface area contributed by atoms with Gasteiger partial charge in [0.2, 0.25) is 0 Å². The lowest BCUT2D eigenvalue weighted by molar-refractivity contribution is 0.147. The van der Waals surface area contributed by atoms with E-state index in [0.717, 1.165) is 31.5 Å². The molecular weight excluding hydrogens is 250 g/mol. The van der Waals surface area contributed by atoms with E-state index in [4.69, 9.17) is 0 Å². The zero-order valence-corrected chi connectivity index (χ0v) is 11.4. The number of aliphatic hydroxyl groups excluding tert-OH is 1. The van der Waals surface area contributed by atoms with E-state index >= 15 is 0 Å². The predicted molar refractivity (Wildman–Crippen MR) is 70.2 cm³/mol. The fraction of sp³-hybridized carbons (Fsp3) is 0.538. The summed E-state index contributed by atoms with van der Waals surface area (Å²) in [5, 5.41) is 9.51. The van der Waals surface area contributed by atoms with E-state index < -0.39 is 9.84 Å². The maximum atomic E-state index is 11.4. The summed E-state index contributed by atoms with van der Waals surface area (Å²) in [5.74, 6) is 0. The molecule has 0 saturated carbocycles. The van der Waals surface area contributed by atoms with Crippen LogP contribution in [0.15, 0.2) is 29.2 Å². The fourth-order valence-corrected chi connectivity index (χ4v) is 3.05. The number of hydrogen-bond donors (Lipinski definition) is 1. The van der Waals surface area contributed by atoms with Crippen molar-refractivity contribution < 1.29 is 13.5 Å². The molecule has 1 heterocycles. The maximum absolute atomic E-state index is 11.4. The van der Waals surface area contributed by atoms with Crippen molar-refractivity contribution in [3.8, 4) is 0 Å². The highest BCUT2D eigenvalue weighted by molar-refractivity contribution is 7.90. The lowest BCUT2D eigenvalue weighted by Gasteiger charge is -2.26. The number of benzene rings is 1. The molecule has 1 saturated heterocycles. The molecule has 1 aromatic carbocycles. The molecular formula is C13H19NO3S. The van der Waals surface area contributed by atoms with Gasteiger partial charge in [0, 0.05) is 6.26 Å². The fourth-order valence-electron chi connectivity index (χ4n) is 2.42. The van der Waals surface area contributed by atoms with Crippen LogP contribution < -0.4 is 0 Å². The Balaban J connectivity index is 2.21. The zero-order valence-electron chi connectivity index (χ0n) is 10.5. The van der Waals surface area contributed by atoms with Crippen molar-refractivity contribution in [2.24, 2.45) is 0 Å². The first kappa shape index (κ1) is 13.5. The van der Waals surface area contributed by atoms with Crippen molar-refractivity contribution in [1.29, 1.82) is 0 Å². The van der Waals surface area contributed by atoms with Gasteiger partial charge in [-0.3, -0.25) is 4.90 Å². The van der Waals surface area contributed by atoms with Crippen molar-refractivity contribution in [3.05, 3.63) is 29.8 Å². The minimum Gasteiger partial charge on any atom is -0.394 e. The second-order valence-corrected chi connectivity index (χ2v) is 6.80. The Bertz CT molecular complexity index is 489. The van der Waals surface area contributed by atoms with Crippen LogP contribution in [0.2, 0.25) is 0 Å². The van der Waals surface area contributed by atoms with Crippen molar-refractivity contribution in [3.63, 3.8) is 0 Å². The van der Waals surface area contributed by atoms with Crippen LogP contribution in [0.25, 0.3) is 0 Å². The SMILES string of the molecule is CS(=O)(=O)c1ccc(C(CO)N2CCCC2)cc1. The average molecular weight is 269 g/mol. The van der Waals surface area contributed by atoms with E-state index in [1.807, 2.05) is 0 Å². The summed E-state index contributed by atoms with van der Waals surface area (Å²) in [7, 11) is -3.15. The van der Waals surface area contributed by atoms with Crippen LogP contribution >= 0.6 is 0 Å². The molecule has 0 aromatic heterocycles. The number of sulfone groups is 1. The smallest absolute Gasteiger partial charge is 0.175 e. The molecule has 0 amide bonds. The van der Waals surface area contributed by atoms with Gasteiger partial charge >= 0.3 is 0 Å². The molecule has 18 heavy (non-hydrogen) atoms. The molecule has 0 radical (unpaired) electrons. The lowest BCUT2D eigenvalue weighted by Crippen LogP contribution is -2.28. The Morgan fingerprint density at radius 2 is 1.78 bits per heavy atom. The van der Waals surface area contributed by atoms with Crippen LogP contribution in [0.1, 0.15) is 24.4 Å². The largest absolute Gasteiger partial charge is 0.394 e. The van der Waals surface area contributed by atoms with Gasteiger partial charge in [-0.25, -0.2) is 8.42 Å². The molecule has 1 N–H and O–H groups in total. The van der Waals surface area contributed by atoms with Gasteiger partial charge in [0.05, 0.1) is 17.5 Å². The Labute approximate surface area is 108 Å². The molecule has 5 heteroatoms. The van der Waals surface area contributed by atoms with E-state index in [1.165, 1.54) is 6.26 Å². The summed E-state index contributed by atoms with van der Waals surface area (Å²) in [6.07, 6.45) is 3.53. The van der Waals surface area contributed by atoms with E-state index in [0.29, 0.717) is 4.90 Å². The summed E-state index contributed by atoms with van der Waals surface area (Å²) in [6, 6.07) is 6.82. The third-order valence-corrected chi connectivity index (χ3v) is 4.58. The predicted octanol–water partition coefficient (Wildman–Crippen LogP) is 1.22. The van der Waals surface area contributed by atoms with Gasteiger partial charge < -0.3 is 5.11 Å². The molecule has 0 spiro atoms. The first-order valence-corrected chi connectivity index (χ1v) is 8.06. The number of nitrogens with zero attached hydrogens (tertiary/aromatic N) is 1. The Morgan fingerprint density at radius 1 is 1.22 bits per heavy atom. The maximum Gasteiger partial charge on any atom is 0.175 e. The van der Waals surface area contributed by atoms with Gasteiger partial charge in [0.1, 0.15) is 0 Å². The Hall–Kier alpha value is -0.910. The minimum absolute atomic E-state index is 0.0129. The summed E-state index contributed by atoms with van der Waals surface area (Å²) in [4.78, 5) is 2.57. The first-order valence-electron chi connectivity index (χ1n) is 6.17. The van der Waals surface area contributed by atoms with E-state index in [1.54, 1.807) is 24.3 Å². The number of rotatable bonds is 4. The summed E-state index contributed by atoms with van der Waals surface area (Å²) in [6.45, 7) is 2.07. The van der Waals surface area contributed by atoms with Gasteiger partial charge in [-0.05, 0) is 43.6 Å². The van der Waals surface area contributed by atoms with Crippen LogP contribution in [0.3, 0.4) is 0 Å². The minimum atomic E-state index is -3.15. The number of hydrogen-bond acceptors (Lipinski definition) is 4. The number of aliphatic hydroxyl groups is 1. The second kappa shape index (κ2) is 5.38. The lowest BCUT2D eigenvalue weighted by atomic mass is 10.1. The zero-order chi connectivity index (χ0) is 13.2.